The van der Waals surface area contributed by atoms with Gasteiger partial charge in [0.25, 0.3) is 11.8 Å². The number of hydrazone groups is 1. The highest BCUT2D eigenvalue weighted by molar-refractivity contribution is 6.21. The Balaban J connectivity index is 1.68. The van der Waals surface area contributed by atoms with E-state index in [0.717, 1.165) is 33.2 Å². The normalized spacial score (nSPS) is 13.4. The number of hydrogen-bond acceptors (Lipinski definition) is 4. The minimum Gasteiger partial charge on any atom is -0.478 e. The minimum atomic E-state index is -0.973. The second-order valence-electron chi connectivity index (χ2n) is 7.18. The predicted octanol–water partition coefficient (Wildman–Crippen LogP) is 3.73. The van der Waals surface area contributed by atoms with E-state index in [-0.39, 0.29) is 5.56 Å². The summed E-state index contributed by atoms with van der Waals surface area (Å²) in [5, 5.41) is 14.2. The van der Waals surface area contributed by atoms with Crippen LogP contribution in [-0.4, -0.2) is 38.7 Å². The molecule has 2 amide bonds. The van der Waals surface area contributed by atoms with Crippen molar-refractivity contribution in [3.05, 3.63) is 87.7 Å². The van der Waals surface area contributed by atoms with Crippen molar-refractivity contribution in [2.24, 2.45) is 5.10 Å². The number of carboxylic acid groups (broad SMARTS) is 1. The van der Waals surface area contributed by atoms with E-state index in [2.05, 4.69) is 5.10 Å². The maximum atomic E-state index is 12.5. The second-order valence-corrected chi connectivity index (χ2v) is 7.18. The number of hydrogen-bond donors (Lipinski definition) is 1. The fraction of sp³-hybridized carbons (Fsp3) is 0.130. The Hall–Kier alpha value is -4.00. The molecule has 2 aromatic carbocycles. The van der Waals surface area contributed by atoms with Gasteiger partial charge in [-0.15, -0.1) is 0 Å². The molecule has 0 aliphatic carbocycles. The molecule has 3 aromatic rings. The van der Waals surface area contributed by atoms with Crippen LogP contribution in [0.1, 0.15) is 53.6 Å². The van der Waals surface area contributed by atoms with Gasteiger partial charge in [-0.1, -0.05) is 12.1 Å². The van der Waals surface area contributed by atoms with Gasteiger partial charge in [0.1, 0.15) is 0 Å². The van der Waals surface area contributed by atoms with E-state index in [9.17, 15) is 19.5 Å². The molecule has 7 heteroatoms. The number of amides is 2. The van der Waals surface area contributed by atoms with Crippen molar-refractivity contribution in [2.45, 2.75) is 20.8 Å². The van der Waals surface area contributed by atoms with Gasteiger partial charge in [-0.3, -0.25) is 9.59 Å². The predicted molar refractivity (Wildman–Crippen MR) is 111 cm³/mol. The molecule has 7 nitrogen and oxygen atoms in total. The van der Waals surface area contributed by atoms with Gasteiger partial charge in [0.2, 0.25) is 0 Å². The quantitative estimate of drug-likeness (QED) is 0.533. The summed E-state index contributed by atoms with van der Waals surface area (Å²) >= 11 is 0. The molecule has 4 rings (SSSR count). The topological polar surface area (TPSA) is 92.0 Å². The molecule has 30 heavy (non-hydrogen) atoms. The zero-order valence-corrected chi connectivity index (χ0v) is 16.7. The Kier molecular flexibility index (Phi) is 4.58. The summed E-state index contributed by atoms with van der Waals surface area (Å²) in [5.74, 6) is -1.86. The summed E-state index contributed by atoms with van der Waals surface area (Å²) in [4.78, 5) is 36.2. The molecule has 0 saturated carbocycles. The first-order chi connectivity index (χ1) is 14.3. The molecule has 150 valence electrons. The molecule has 1 aromatic heterocycles. The molecular weight excluding hydrogens is 382 g/mol. The van der Waals surface area contributed by atoms with Crippen LogP contribution in [0, 0.1) is 20.8 Å². The highest BCUT2D eigenvalue weighted by Crippen LogP contribution is 2.25. The van der Waals surface area contributed by atoms with Crippen molar-refractivity contribution in [2.75, 3.05) is 0 Å². The summed E-state index contributed by atoms with van der Waals surface area (Å²) in [6.45, 7) is 5.69. The van der Waals surface area contributed by atoms with E-state index in [1.54, 1.807) is 42.5 Å². The number of nitrogens with zero attached hydrogens (tertiary/aromatic N) is 3. The summed E-state index contributed by atoms with van der Waals surface area (Å²) in [6, 6.07) is 13.5. The SMILES string of the molecule is Cc1cc(C(=O)O)ccc1-n1c(C)cc(/C=N\N2C(=O)c3ccccc3C2=O)c1C. The third-order valence-electron chi connectivity index (χ3n) is 5.24. The van der Waals surface area contributed by atoms with Crippen molar-refractivity contribution < 1.29 is 19.5 Å². The Morgan fingerprint density at radius 1 is 0.967 bits per heavy atom. The number of fused-ring (bicyclic) bond motifs is 1. The lowest BCUT2D eigenvalue weighted by atomic mass is 10.1. The average molecular weight is 401 g/mol. The van der Waals surface area contributed by atoms with Gasteiger partial charge in [0.15, 0.2) is 0 Å². The van der Waals surface area contributed by atoms with Crippen LogP contribution < -0.4 is 0 Å². The summed E-state index contributed by atoms with van der Waals surface area (Å²) < 4.78 is 1.99. The highest BCUT2D eigenvalue weighted by Gasteiger charge is 2.35. The van der Waals surface area contributed by atoms with Crippen LogP contribution in [-0.2, 0) is 0 Å². The van der Waals surface area contributed by atoms with Crippen LogP contribution >= 0.6 is 0 Å². The van der Waals surface area contributed by atoms with Crippen LogP contribution in [0.3, 0.4) is 0 Å². The third kappa shape index (κ3) is 3.00. The molecule has 0 bridgehead atoms. The van der Waals surface area contributed by atoms with Gasteiger partial charge in [-0.05, 0) is 62.7 Å². The fourth-order valence-electron chi connectivity index (χ4n) is 3.73. The third-order valence-corrected chi connectivity index (χ3v) is 5.24. The summed E-state index contributed by atoms with van der Waals surface area (Å²) in [7, 11) is 0. The van der Waals surface area contributed by atoms with Gasteiger partial charge in [-0.25, -0.2) is 4.79 Å². The lowest BCUT2D eigenvalue weighted by Gasteiger charge is -2.13. The van der Waals surface area contributed by atoms with Crippen molar-refractivity contribution >= 4 is 24.0 Å². The number of aryl methyl sites for hydroxylation is 2. The van der Waals surface area contributed by atoms with Gasteiger partial charge >= 0.3 is 5.97 Å². The first-order valence-electron chi connectivity index (χ1n) is 9.34. The summed E-state index contributed by atoms with van der Waals surface area (Å²) in [5.41, 5.74) is 5.13. The number of carboxylic acids is 1. The number of benzene rings is 2. The molecule has 1 N–H and O–H groups in total. The lowest BCUT2D eigenvalue weighted by Crippen LogP contribution is -2.24. The van der Waals surface area contributed by atoms with Crippen molar-refractivity contribution in [3.8, 4) is 5.69 Å². The average Bonchev–Trinajstić information content (AvgIpc) is 3.13. The number of rotatable bonds is 4. The van der Waals surface area contributed by atoms with E-state index in [4.69, 9.17) is 0 Å². The number of carbonyl (C=O) groups is 3. The fourth-order valence-corrected chi connectivity index (χ4v) is 3.73. The molecule has 1 aliphatic rings. The first-order valence-corrected chi connectivity index (χ1v) is 9.34. The standard InChI is InChI=1S/C23H19N3O4/c1-13-10-16(23(29)30)8-9-20(13)25-14(2)11-17(15(25)3)12-24-26-21(27)18-6-4-5-7-19(18)22(26)28/h4-12H,1-3H3,(H,29,30)/b24-12-. The summed E-state index contributed by atoms with van der Waals surface area (Å²) in [6.07, 6.45) is 1.50. The van der Waals surface area contributed by atoms with Gasteiger partial charge in [0.05, 0.1) is 22.9 Å². The molecule has 0 radical (unpaired) electrons. The van der Waals surface area contributed by atoms with Crippen molar-refractivity contribution in [1.29, 1.82) is 0 Å². The van der Waals surface area contributed by atoms with Gasteiger partial charge in [-0.2, -0.15) is 10.1 Å². The van der Waals surface area contributed by atoms with E-state index < -0.39 is 17.8 Å². The van der Waals surface area contributed by atoms with E-state index >= 15 is 0 Å². The van der Waals surface area contributed by atoms with Gasteiger partial charge < -0.3 is 9.67 Å². The number of imide groups is 1. The van der Waals surface area contributed by atoms with Crippen LogP contribution in [0.25, 0.3) is 5.69 Å². The zero-order valence-electron chi connectivity index (χ0n) is 16.7. The Morgan fingerprint density at radius 2 is 1.60 bits per heavy atom. The Labute approximate surface area is 172 Å². The molecule has 0 saturated heterocycles. The van der Waals surface area contributed by atoms with Crippen LogP contribution in [0.5, 0.6) is 0 Å². The minimum absolute atomic E-state index is 0.228. The van der Waals surface area contributed by atoms with E-state index in [1.807, 2.05) is 31.4 Å². The Bertz CT molecular complexity index is 1220. The maximum Gasteiger partial charge on any atom is 0.335 e. The lowest BCUT2D eigenvalue weighted by molar-refractivity contribution is 0.0656. The molecule has 1 aliphatic heterocycles. The highest BCUT2D eigenvalue weighted by atomic mass is 16.4. The number of carbonyl (C=O) groups excluding carboxylic acids is 2. The Morgan fingerprint density at radius 3 is 2.17 bits per heavy atom. The molecule has 0 unspecified atom stereocenters. The monoisotopic (exact) mass is 401 g/mol. The second kappa shape index (κ2) is 7.11. The molecular formula is C23H19N3O4. The largest absolute Gasteiger partial charge is 0.478 e. The maximum absolute atomic E-state index is 12.5. The van der Waals surface area contributed by atoms with Crippen LogP contribution in [0.4, 0.5) is 0 Å². The zero-order chi connectivity index (χ0) is 21.6. The molecule has 2 heterocycles. The molecule has 0 atom stereocenters. The number of aromatic carboxylic acids is 1. The van der Waals surface area contributed by atoms with E-state index in [1.165, 1.54) is 6.21 Å². The number of aromatic nitrogens is 1. The van der Waals surface area contributed by atoms with E-state index in [0.29, 0.717) is 11.1 Å². The van der Waals surface area contributed by atoms with Crippen LogP contribution in [0.2, 0.25) is 0 Å². The molecule has 0 fully saturated rings. The molecule has 0 spiro atoms. The van der Waals surface area contributed by atoms with Crippen molar-refractivity contribution in [3.63, 3.8) is 0 Å². The van der Waals surface area contributed by atoms with Gasteiger partial charge in [0, 0.05) is 22.6 Å². The van der Waals surface area contributed by atoms with Crippen LogP contribution in [0.15, 0.2) is 53.6 Å². The smallest absolute Gasteiger partial charge is 0.335 e. The first kappa shape index (κ1) is 19.3. The van der Waals surface area contributed by atoms with Crippen molar-refractivity contribution in [1.82, 2.24) is 9.58 Å².